The summed E-state index contributed by atoms with van der Waals surface area (Å²) >= 11 is 1.29. The van der Waals surface area contributed by atoms with Gasteiger partial charge in [-0.25, -0.2) is 10.2 Å². The number of carbonyl (C=O) groups excluding carboxylic acids is 1. The number of nitrogens with one attached hydrogen (secondary N) is 1. The molecule has 1 aliphatic rings. The first-order valence-electron chi connectivity index (χ1n) is 7.03. The van der Waals surface area contributed by atoms with Crippen molar-refractivity contribution in [2.75, 3.05) is 7.05 Å². The number of hydrogen-bond acceptors (Lipinski definition) is 4. The van der Waals surface area contributed by atoms with Gasteiger partial charge in [0.05, 0.1) is 4.88 Å². The third-order valence-electron chi connectivity index (χ3n) is 4.21. The zero-order chi connectivity index (χ0) is 15.0. The molecule has 1 saturated carbocycles. The summed E-state index contributed by atoms with van der Waals surface area (Å²) in [4.78, 5) is 14.7. The SMILES string of the molecule is CN(Cc1c(C(=O)NN)sc2cccc(F)c12)C1CCC1. The van der Waals surface area contributed by atoms with Gasteiger partial charge in [0.25, 0.3) is 5.91 Å². The van der Waals surface area contributed by atoms with Crippen molar-refractivity contribution < 1.29 is 9.18 Å². The zero-order valence-corrected chi connectivity index (χ0v) is 12.7. The number of benzene rings is 1. The number of amides is 1. The topological polar surface area (TPSA) is 58.4 Å². The van der Waals surface area contributed by atoms with E-state index in [1.807, 2.05) is 13.1 Å². The maximum Gasteiger partial charge on any atom is 0.275 e. The molecule has 2 aromatic rings. The molecule has 0 aliphatic heterocycles. The predicted molar refractivity (Wildman–Crippen MR) is 82.5 cm³/mol. The molecule has 0 unspecified atom stereocenters. The second-order valence-corrected chi connectivity index (χ2v) is 6.55. The molecule has 3 N–H and O–H groups in total. The highest BCUT2D eigenvalue weighted by molar-refractivity contribution is 7.21. The number of halogens is 1. The Morgan fingerprint density at radius 3 is 2.90 bits per heavy atom. The maximum absolute atomic E-state index is 14.2. The first kappa shape index (κ1) is 14.4. The molecule has 3 rings (SSSR count). The number of rotatable bonds is 4. The number of hydrazine groups is 1. The lowest BCUT2D eigenvalue weighted by molar-refractivity contribution is 0.0954. The smallest absolute Gasteiger partial charge is 0.275 e. The summed E-state index contributed by atoms with van der Waals surface area (Å²) in [6.07, 6.45) is 3.57. The van der Waals surface area contributed by atoms with Crippen molar-refractivity contribution in [3.05, 3.63) is 34.5 Å². The van der Waals surface area contributed by atoms with Crippen LogP contribution in [0.5, 0.6) is 0 Å². The van der Waals surface area contributed by atoms with Crippen LogP contribution in [-0.4, -0.2) is 23.9 Å². The molecule has 1 aliphatic carbocycles. The Balaban J connectivity index is 2.05. The first-order valence-corrected chi connectivity index (χ1v) is 7.84. The summed E-state index contributed by atoms with van der Waals surface area (Å²) in [5.41, 5.74) is 2.90. The van der Waals surface area contributed by atoms with Crippen LogP contribution in [0.4, 0.5) is 4.39 Å². The lowest BCUT2D eigenvalue weighted by Gasteiger charge is -2.34. The molecule has 0 atom stereocenters. The van der Waals surface area contributed by atoms with Gasteiger partial charge < -0.3 is 0 Å². The minimum Gasteiger partial charge on any atom is -0.299 e. The van der Waals surface area contributed by atoms with E-state index < -0.39 is 0 Å². The van der Waals surface area contributed by atoms with Crippen molar-refractivity contribution in [3.63, 3.8) is 0 Å². The van der Waals surface area contributed by atoms with Gasteiger partial charge in [0.2, 0.25) is 0 Å². The predicted octanol–water partition coefficient (Wildman–Crippen LogP) is 2.63. The third-order valence-corrected chi connectivity index (χ3v) is 5.40. The van der Waals surface area contributed by atoms with Gasteiger partial charge in [0, 0.05) is 28.2 Å². The normalized spacial score (nSPS) is 15.4. The van der Waals surface area contributed by atoms with E-state index in [1.54, 1.807) is 6.07 Å². The highest BCUT2D eigenvalue weighted by atomic mass is 32.1. The number of hydrogen-bond donors (Lipinski definition) is 2. The minimum absolute atomic E-state index is 0.281. The van der Waals surface area contributed by atoms with E-state index in [0.29, 0.717) is 22.8 Å². The average Bonchev–Trinajstić information content (AvgIpc) is 2.76. The number of thiophene rings is 1. The molecule has 0 saturated heterocycles. The van der Waals surface area contributed by atoms with E-state index in [9.17, 15) is 9.18 Å². The third kappa shape index (κ3) is 2.54. The Morgan fingerprint density at radius 2 is 2.29 bits per heavy atom. The van der Waals surface area contributed by atoms with Crippen LogP contribution < -0.4 is 11.3 Å². The van der Waals surface area contributed by atoms with E-state index in [1.165, 1.54) is 36.7 Å². The van der Waals surface area contributed by atoms with E-state index in [4.69, 9.17) is 5.84 Å². The van der Waals surface area contributed by atoms with Crippen molar-refractivity contribution >= 4 is 27.3 Å². The zero-order valence-electron chi connectivity index (χ0n) is 11.9. The Labute approximate surface area is 126 Å². The van der Waals surface area contributed by atoms with Crippen molar-refractivity contribution in [1.29, 1.82) is 0 Å². The number of fused-ring (bicyclic) bond motifs is 1. The maximum atomic E-state index is 14.2. The molecule has 1 fully saturated rings. The van der Waals surface area contributed by atoms with E-state index >= 15 is 0 Å². The molecule has 1 heterocycles. The van der Waals surface area contributed by atoms with Gasteiger partial charge in [-0.05, 0) is 32.0 Å². The fourth-order valence-electron chi connectivity index (χ4n) is 2.77. The molecule has 1 aromatic heterocycles. The van der Waals surface area contributed by atoms with Crippen LogP contribution in [0.1, 0.15) is 34.5 Å². The standard InChI is InChI=1S/C15H18FN3OS/c1-19(9-4-2-5-9)8-10-13-11(16)6-3-7-12(13)21-14(10)15(20)18-17/h3,6-7,9H,2,4-5,8,17H2,1H3,(H,18,20). The fourth-order valence-corrected chi connectivity index (χ4v) is 3.90. The number of nitrogens with two attached hydrogens (primary N) is 1. The average molecular weight is 307 g/mol. The van der Waals surface area contributed by atoms with E-state index in [0.717, 1.165) is 10.3 Å². The largest absolute Gasteiger partial charge is 0.299 e. The summed E-state index contributed by atoms with van der Waals surface area (Å²) < 4.78 is 15.0. The van der Waals surface area contributed by atoms with Crippen LogP contribution >= 0.6 is 11.3 Å². The molecular weight excluding hydrogens is 289 g/mol. The van der Waals surface area contributed by atoms with Gasteiger partial charge in [-0.3, -0.25) is 15.1 Å². The summed E-state index contributed by atoms with van der Waals surface area (Å²) in [5, 5.41) is 0.548. The van der Waals surface area contributed by atoms with Gasteiger partial charge in [-0.1, -0.05) is 12.5 Å². The minimum atomic E-state index is -0.354. The molecule has 1 aromatic carbocycles. The van der Waals surface area contributed by atoms with Crippen LogP contribution in [0.25, 0.3) is 10.1 Å². The number of carbonyl (C=O) groups is 1. The Morgan fingerprint density at radius 1 is 1.52 bits per heavy atom. The van der Waals surface area contributed by atoms with Gasteiger partial charge in [-0.2, -0.15) is 0 Å². The monoisotopic (exact) mass is 307 g/mol. The Kier molecular flexibility index (Phi) is 3.93. The van der Waals surface area contributed by atoms with Gasteiger partial charge in [0.15, 0.2) is 0 Å². The molecule has 0 radical (unpaired) electrons. The summed E-state index contributed by atoms with van der Waals surface area (Å²) in [5.74, 6) is 4.63. The molecular formula is C15H18FN3OS. The van der Waals surface area contributed by atoms with Crippen LogP contribution in [0.15, 0.2) is 18.2 Å². The van der Waals surface area contributed by atoms with Crippen molar-refractivity contribution in [1.82, 2.24) is 10.3 Å². The molecule has 4 nitrogen and oxygen atoms in total. The second kappa shape index (κ2) is 5.71. The molecule has 0 spiro atoms. The van der Waals surface area contributed by atoms with Gasteiger partial charge >= 0.3 is 0 Å². The number of nitrogen functional groups attached to an aromatic ring is 1. The lowest BCUT2D eigenvalue weighted by atomic mass is 9.91. The Bertz CT molecular complexity index is 681. The fraction of sp³-hybridized carbons (Fsp3) is 0.400. The van der Waals surface area contributed by atoms with Crippen LogP contribution in [-0.2, 0) is 6.54 Å². The molecule has 21 heavy (non-hydrogen) atoms. The van der Waals surface area contributed by atoms with Gasteiger partial charge in [0.1, 0.15) is 5.82 Å². The lowest BCUT2D eigenvalue weighted by Crippen LogP contribution is -2.37. The highest BCUT2D eigenvalue weighted by Gasteiger charge is 2.26. The van der Waals surface area contributed by atoms with Crippen LogP contribution in [0.3, 0.4) is 0 Å². The van der Waals surface area contributed by atoms with Crippen molar-refractivity contribution in [2.24, 2.45) is 5.84 Å². The van der Waals surface area contributed by atoms with Crippen LogP contribution in [0.2, 0.25) is 0 Å². The quantitative estimate of drug-likeness (QED) is 0.518. The first-order chi connectivity index (χ1) is 10.1. The Hall–Kier alpha value is -1.50. The van der Waals surface area contributed by atoms with Gasteiger partial charge in [-0.15, -0.1) is 11.3 Å². The highest BCUT2D eigenvalue weighted by Crippen LogP contribution is 2.35. The summed E-state index contributed by atoms with van der Waals surface area (Å²) in [6, 6.07) is 5.47. The van der Waals surface area contributed by atoms with Crippen molar-refractivity contribution in [3.8, 4) is 0 Å². The summed E-state index contributed by atoms with van der Waals surface area (Å²) in [6.45, 7) is 0.564. The second-order valence-electron chi connectivity index (χ2n) is 5.50. The molecule has 1 amide bonds. The molecule has 0 bridgehead atoms. The van der Waals surface area contributed by atoms with Crippen LogP contribution in [0, 0.1) is 5.82 Å². The number of nitrogens with zero attached hydrogens (tertiary/aromatic N) is 1. The van der Waals surface area contributed by atoms with E-state index in [2.05, 4.69) is 10.3 Å². The molecule has 6 heteroatoms. The van der Waals surface area contributed by atoms with Crippen molar-refractivity contribution in [2.45, 2.75) is 31.8 Å². The molecule has 112 valence electrons. The summed E-state index contributed by atoms with van der Waals surface area (Å²) in [7, 11) is 2.03. The van der Waals surface area contributed by atoms with E-state index in [-0.39, 0.29) is 11.7 Å².